The Morgan fingerprint density at radius 3 is 2.37 bits per heavy atom. The van der Waals surface area contributed by atoms with E-state index in [0.717, 1.165) is 23.3 Å². The minimum absolute atomic E-state index is 0.0448. The number of hydrogen-bond donors (Lipinski definition) is 2. The first-order chi connectivity index (χ1) is 12.8. The van der Waals surface area contributed by atoms with Gasteiger partial charge in [0.2, 0.25) is 11.8 Å². The summed E-state index contributed by atoms with van der Waals surface area (Å²) in [6.07, 6.45) is 2.44. The Labute approximate surface area is 166 Å². The zero-order valence-electron chi connectivity index (χ0n) is 16.7. The third-order valence-corrected chi connectivity index (χ3v) is 5.24. The molecule has 2 rings (SSSR count). The Bertz CT molecular complexity index is 731. The second kappa shape index (κ2) is 9.70. The van der Waals surface area contributed by atoms with Crippen LogP contribution in [0.15, 0.2) is 41.8 Å². The Hall–Kier alpha value is -2.14. The van der Waals surface area contributed by atoms with Gasteiger partial charge in [0, 0.05) is 23.3 Å². The van der Waals surface area contributed by atoms with Crippen molar-refractivity contribution in [1.82, 2.24) is 10.6 Å². The van der Waals surface area contributed by atoms with Gasteiger partial charge in [-0.25, -0.2) is 0 Å². The molecule has 0 aliphatic heterocycles. The molecule has 0 saturated heterocycles. The van der Waals surface area contributed by atoms with E-state index in [1.807, 2.05) is 38.3 Å². The van der Waals surface area contributed by atoms with E-state index in [-0.39, 0.29) is 24.3 Å². The minimum atomic E-state index is -0.448. The summed E-state index contributed by atoms with van der Waals surface area (Å²) in [5.74, 6) is -0.114. The van der Waals surface area contributed by atoms with Crippen LogP contribution in [0.25, 0.3) is 0 Å². The number of rotatable bonds is 8. The number of carbonyl (C=O) groups is 2. The average molecular weight is 387 g/mol. The second-order valence-corrected chi connectivity index (χ2v) is 8.74. The summed E-state index contributed by atoms with van der Waals surface area (Å²) >= 11 is 1.63. The van der Waals surface area contributed by atoms with Gasteiger partial charge in [0.1, 0.15) is 0 Å². The van der Waals surface area contributed by atoms with Gasteiger partial charge in [0.15, 0.2) is 0 Å². The van der Waals surface area contributed by atoms with Crippen LogP contribution in [0.4, 0.5) is 0 Å². The highest BCUT2D eigenvalue weighted by Gasteiger charge is 2.21. The normalized spacial score (nSPS) is 12.4. The minimum Gasteiger partial charge on any atom is -0.355 e. The van der Waals surface area contributed by atoms with Crippen molar-refractivity contribution in [3.05, 3.63) is 57.8 Å². The van der Waals surface area contributed by atoms with Gasteiger partial charge in [0.05, 0.1) is 6.04 Å². The molecular formula is C22H30N2O2S. The molecule has 1 unspecified atom stereocenters. The Kier molecular flexibility index (Phi) is 7.60. The van der Waals surface area contributed by atoms with Crippen LogP contribution in [-0.2, 0) is 16.0 Å². The van der Waals surface area contributed by atoms with E-state index >= 15 is 0 Å². The lowest BCUT2D eigenvalue weighted by molar-refractivity contribution is -0.128. The first-order valence-electron chi connectivity index (χ1n) is 9.51. The number of benzene rings is 1. The van der Waals surface area contributed by atoms with Crippen molar-refractivity contribution in [1.29, 1.82) is 0 Å². The lowest BCUT2D eigenvalue weighted by atomic mass is 9.96. The van der Waals surface area contributed by atoms with Crippen LogP contribution in [-0.4, -0.2) is 18.4 Å². The Balaban J connectivity index is 2.01. The SMILES string of the molecule is CCCc1ccc(C(NC(=O)CCNC(=O)C(C)(C)C)c2cccs2)cc1. The molecule has 1 heterocycles. The highest BCUT2D eigenvalue weighted by Crippen LogP contribution is 2.26. The maximum absolute atomic E-state index is 12.5. The molecule has 4 nitrogen and oxygen atoms in total. The number of thiophene rings is 1. The van der Waals surface area contributed by atoms with E-state index < -0.39 is 5.41 Å². The Morgan fingerprint density at radius 1 is 1.11 bits per heavy atom. The van der Waals surface area contributed by atoms with E-state index in [9.17, 15) is 9.59 Å². The molecule has 0 aliphatic rings. The van der Waals surface area contributed by atoms with Crippen molar-refractivity contribution in [2.24, 2.45) is 5.41 Å². The predicted molar refractivity (Wildman–Crippen MR) is 112 cm³/mol. The van der Waals surface area contributed by atoms with Crippen molar-refractivity contribution in [3.8, 4) is 0 Å². The van der Waals surface area contributed by atoms with Crippen molar-refractivity contribution in [3.63, 3.8) is 0 Å². The maximum Gasteiger partial charge on any atom is 0.225 e. The molecule has 1 aromatic heterocycles. The van der Waals surface area contributed by atoms with Gasteiger partial charge in [0.25, 0.3) is 0 Å². The molecule has 1 atom stereocenters. The molecule has 0 bridgehead atoms. The zero-order valence-corrected chi connectivity index (χ0v) is 17.5. The molecule has 0 spiro atoms. The van der Waals surface area contributed by atoms with Crippen LogP contribution >= 0.6 is 11.3 Å². The molecule has 2 amide bonds. The van der Waals surface area contributed by atoms with Gasteiger partial charge < -0.3 is 10.6 Å². The topological polar surface area (TPSA) is 58.2 Å². The molecule has 5 heteroatoms. The number of nitrogens with one attached hydrogen (secondary N) is 2. The molecule has 146 valence electrons. The fourth-order valence-electron chi connectivity index (χ4n) is 2.73. The van der Waals surface area contributed by atoms with Gasteiger partial charge >= 0.3 is 0 Å². The van der Waals surface area contributed by atoms with Crippen LogP contribution in [0, 0.1) is 5.41 Å². The molecule has 0 aliphatic carbocycles. The van der Waals surface area contributed by atoms with Gasteiger partial charge in [-0.3, -0.25) is 9.59 Å². The molecular weight excluding hydrogens is 356 g/mol. The van der Waals surface area contributed by atoms with Gasteiger partial charge in [-0.05, 0) is 29.0 Å². The molecule has 1 aromatic carbocycles. The fraction of sp³-hybridized carbons (Fsp3) is 0.455. The number of aryl methyl sites for hydroxylation is 1. The van der Waals surface area contributed by atoms with Crippen molar-refractivity contribution in [2.75, 3.05) is 6.54 Å². The monoisotopic (exact) mass is 386 g/mol. The van der Waals surface area contributed by atoms with Crippen LogP contribution in [0.5, 0.6) is 0 Å². The summed E-state index contributed by atoms with van der Waals surface area (Å²) in [6.45, 7) is 8.09. The number of carbonyl (C=O) groups excluding carboxylic acids is 2. The first-order valence-corrected chi connectivity index (χ1v) is 10.4. The highest BCUT2D eigenvalue weighted by molar-refractivity contribution is 7.10. The molecule has 2 aromatic rings. The van der Waals surface area contributed by atoms with Crippen molar-refractivity contribution < 1.29 is 9.59 Å². The van der Waals surface area contributed by atoms with E-state index in [0.29, 0.717) is 6.54 Å². The molecule has 2 N–H and O–H groups in total. The summed E-state index contributed by atoms with van der Waals surface area (Å²) in [7, 11) is 0. The summed E-state index contributed by atoms with van der Waals surface area (Å²) in [5.41, 5.74) is 1.93. The second-order valence-electron chi connectivity index (χ2n) is 7.76. The van der Waals surface area contributed by atoms with Crippen molar-refractivity contribution in [2.45, 2.75) is 53.0 Å². The van der Waals surface area contributed by atoms with Crippen LogP contribution in [0.2, 0.25) is 0 Å². The largest absolute Gasteiger partial charge is 0.355 e. The summed E-state index contributed by atoms with van der Waals surface area (Å²) in [4.78, 5) is 25.5. The third-order valence-electron chi connectivity index (χ3n) is 4.30. The van der Waals surface area contributed by atoms with Gasteiger partial charge in [-0.2, -0.15) is 0 Å². The molecule has 27 heavy (non-hydrogen) atoms. The van der Waals surface area contributed by atoms with E-state index in [1.165, 1.54) is 5.56 Å². The summed E-state index contributed by atoms with van der Waals surface area (Å²) in [5, 5.41) is 7.96. The lowest BCUT2D eigenvalue weighted by Crippen LogP contribution is -2.38. The summed E-state index contributed by atoms with van der Waals surface area (Å²) < 4.78 is 0. The standard InChI is InChI=1S/C22H30N2O2S/c1-5-7-16-9-11-17(12-10-16)20(18-8-6-15-27-18)24-19(25)13-14-23-21(26)22(2,3)4/h6,8-12,15,20H,5,7,13-14H2,1-4H3,(H,23,26)(H,24,25). The summed E-state index contributed by atoms with van der Waals surface area (Å²) in [6, 6.07) is 12.3. The molecule has 0 fully saturated rings. The molecule has 0 radical (unpaired) electrons. The third kappa shape index (κ3) is 6.51. The zero-order chi connectivity index (χ0) is 19.9. The number of hydrogen-bond acceptors (Lipinski definition) is 3. The predicted octanol–water partition coefficient (Wildman–Crippen LogP) is 4.46. The van der Waals surface area contributed by atoms with Gasteiger partial charge in [-0.1, -0.05) is 64.4 Å². The molecule has 0 saturated carbocycles. The quantitative estimate of drug-likeness (QED) is 0.704. The van der Waals surface area contributed by atoms with Crippen LogP contribution in [0.3, 0.4) is 0 Å². The number of amides is 2. The van der Waals surface area contributed by atoms with E-state index in [4.69, 9.17) is 0 Å². The lowest BCUT2D eigenvalue weighted by Gasteiger charge is -2.20. The highest BCUT2D eigenvalue weighted by atomic mass is 32.1. The fourth-order valence-corrected chi connectivity index (χ4v) is 3.53. The smallest absolute Gasteiger partial charge is 0.225 e. The Morgan fingerprint density at radius 2 is 1.81 bits per heavy atom. The first kappa shape index (κ1) is 21.2. The average Bonchev–Trinajstić information content (AvgIpc) is 3.14. The van der Waals surface area contributed by atoms with E-state index in [1.54, 1.807) is 11.3 Å². The van der Waals surface area contributed by atoms with Crippen LogP contribution < -0.4 is 10.6 Å². The van der Waals surface area contributed by atoms with Gasteiger partial charge in [-0.15, -0.1) is 11.3 Å². The van der Waals surface area contributed by atoms with Crippen molar-refractivity contribution >= 4 is 23.2 Å². The van der Waals surface area contributed by atoms with E-state index in [2.05, 4.69) is 41.8 Å². The van der Waals surface area contributed by atoms with Crippen LogP contribution in [0.1, 0.15) is 62.6 Å². The maximum atomic E-state index is 12.5.